The van der Waals surface area contributed by atoms with Gasteiger partial charge in [-0.1, -0.05) is 50.6 Å². The fourth-order valence-corrected chi connectivity index (χ4v) is 4.54. The number of unbranched alkanes of at least 4 members (excludes halogenated alkanes) is 1. The first-order valence-electron chi connectivity index (χ1n) is 13.9. The summed E-state index contributed by atoms with van der Waals surface area (Å²) in [5, 5.41) is 20.2. The zero-order valence-corrected chi connectivity index (χ0v) is 23.4. The van der Waals surface area contributed by atoms with Crippen LogP contribution < -0.4 is 14.2 Å². The van der Waals surface area contributed by atoms with E-state index in [0.29, 0.717) is 48.9 Å². The van der Waals surface area contributed by atoms with Crippen molar-refractivity contribution in [1.29, 1.82) is 0 Å². The number of para-hydroxylation sites is 1. The number of aryl methyl sites for hydroxylation is 1. The van der Waals surface area contributed by atoms with Crippen LogP contribution in [0.4, 0.5) is 4.39 Å². The Kier molecular flexibility index (Phi) is 10.2. The van der Waals surface area contributed by atoms with Gasteiger partial charge in [-0.2, -0.15) is 0 Å². The summed E-state index contributed by atoms with van der Waals surface area (Å²) in [5.41, 5.74) is 3.29. The van der Waals surface area contributed by atoms with Gasteiger partial charge in [-0.05, 0) is 72.9 Å². The van der Waals surface area contributed by atoms with E-state index >= 15 is 0 Å². The fraction of sp³-hybridized carbons (Fsp3) is 0.265. The van der Waals surface area contributed by atoms with Crippen molar-refractivity contribution in [1.82, 2.24) is 0 Å². The third kappa shape index (κ3) is 7.57. The lowest BCUT2D eigenvalue weighted by Crippen LogP contribution is -2.08. The molecule has 0 bridgehead atoms. The van der Waals surface area contributed by atoms with Crippen molar-refractivity contribution in [3.63, 3.8) is 0 Å². The van der Waals surface area contributed by atoms with Crippen molar-refractivity contribution in [3.8, 4) is 39.9 Å². The van der Waals surface area contributed by atoms with Crippen LogP contribution in [0.5, 0.6) is 28.7 Å². The molecule has 0 aromatic heterocycles. The number of rotatable bonds is 14. The Bertz CT molecular complexity index is 1470. The average molecular weight is 559 g/mol. The Morgan fingerprint density at radius 3 is 2.20 bits per heavy atom. The summed E-state index contributed by atoms with van der Waals surface area (Å²) in [6, 6.07) is 21.6. The summed E-state index contributed by atoms with van der Waals surface area (Å²) in [4.78, 5) is 11.7. The van der Waals surface area contributed by atoms with Gasteiger partial charge in [-0.25, -0.2) is 9.18 Å². The molecule has 2 N–H and O–H groups in total. The van der Waals surface area contributed by atoms with Crippen LogP contribution in [-0.2, 0) is 12.8 Å². The summed E-state index contributed by atoms with van der Waals surface area (Å²) in [6.07, 6.45) is 3.95. The van der Waals surface area contributed by atoms with E-state index in [0.717, 1.165) is 36.0 Å². The lowest BCUT2D eigenvalue weighted by atomic mass is 10.00. The van der Waals surface area contributed by atoms with E-state index < -0.39 is 5.97 Å². The maximum Gasteiger partial charge on any atom is 0.339 e. The Balaban J connectivity index is 1.41. The van der Waals surface area contributed by atoms with Crippen molar-refractivity contribution >= 4 is 5.97 Å². The molecule has 0 amide bonds. The molecule has 0 aliphatic carbocycles. The molecule has 0 spiro atoms. The van der Waals surface area contributed by atoms with E-state index in [9.17, 15) is 19.4 Å². The molecular weight excluding hydrogens is 523 g/mol. The summed E-state index contributed by atoms with van der Waals surface area (Å²) in [5.74, 6) is 0.848. The number of carboxylic acids is 1. The van der Waals surface area contributed by atoms with Gasteiger partial charge in [0.15, 0.2) is 0 Å². The van der Waals surface area contributed by atoms with Crippen LogP contribution in [0.3, 0.4) is 0 Å². The molecule has 4 aromatic carbocycles. The molecule has 0 fully saturated rings. The van der Waals surface area contributed by atoms with Crippen LogP contribution in [0.25, 0.3) is 11.1 Å². The van der Waals surface area contributed by atoms with Crippen molar-refractivity contribution in [2.75, 3.05) is 13.2 Å². The van der Waals surface area contributed by atoms with E-state index in [4.69, 9.17) is 14.2 Å². The number of hydrogen-bond donors (Lipinski definition) is 2. The maximum absolute atomic E-state index is 13.3. The molecule has 41 heavy (non-hydrogen) atoms. The maximum atomic E-state index is 13.3. The molecular formula is C34H35FO6. The van der Waals surface area contributed by atoms with Crippen molar-refractivity contribution in [2.24, 2.45) is 0 Å². The number of phenols is 1. The van der Waals surface area contributed by atoms with Gasteiger partial charge < -0.3 is 24.4 Å². The van der Waals surface area contributed by atoms with Crippen molar-refractivity contribution in [2.45, 2.75) is 46.0 Å². The predicted molar refractivity (Wildman–Crippen MR) is 157 cm³/mol. The van der Waals surface area contributed by atoms with Crippen LogP contribution in [0, 0.1) is 5.82 Å². The normalized spacial score (nSPS) is 10.8. The van der Waals surface area contributed by atoms with Gasteiger partial charge in [-0.3, -0.25) is 0 Å². The van der Waals surface area contributed by atoms with Crippen LogP contribution >= 0.6 is 0 Å². The Labute approximate surface area is 240 Å². The van der Waals surface area contributed by atoms with Crippen molar-refractivity contribution in [3.05, 3.63) is 101 Å². The van der Waals surface area contributed by atoms with Gasteiger partial charge in [0.05, 0.1) is 13.2 Å². The average Bonchev–Trinajstić information content (AvgIpc) is 2.97. The van der Waals surface area contributed by atoms with Crippen LogP contribution in [0.2, 0.25) is 0 Å². The fourth-order valence-electron chi connectivity index (χ4n) is 4.54. The SMILES string of the molecule is CCCCc1c(OCCCOc2cc(O)c(-c3ccc(F)cc3)cc2CC)cccc1Oc1ccccc1C(=O)O. The molecule has 0 aliphatic heterocycles. The third-order valence-electron chi connectivity index (χ3n) is 6.73. The van der Waals surface area contributed by atoms with E-state index in [1.54, 1.807) is 36.4 Å². The summed E-state index contributed by atoms with van der Waals surface area (Å²) in [6.45, 7) is 4.90. The minimum atomic E-state index is -1.05. The van der Waals surface area contributed by atoms with Gasteiger partial charge in [0.25, 0.3) is 0 Å². The predicted octanol–water partition coefficient (Wildman–Crippen LogP) is 8.44. The van der Waals surface area contributed by atoms with E-state index in [-0.39, 0.29) is 22.9 Å². The summed E-state index contributed by atoms with van der Waals surface area (Å²) < 4.78 is 31.6. The smallest absolute Gasteiger partial charge is 0.339 e. The minimum Gasteiger partial charge on any atom is -0.507 e. The first-order chi connectivity index (χ1) is 19.9. The second kappa shape index (κ2) is 14.2. The highest BCUT2D eigenvalue weighted by molar-refractivity contribution is 5.91. The molecule has 0 aliphatic rings. The zero-order chi connectivity index (χ0) is 29.2. The number of halogens is 1. The molecule has 0 saturated carbocycles. The van der Waals surface area contributed by atoms with E-state index in [2.05, 4.69) is 6.92 Å². The van der Waals surface area contributed by atoms with Gasteiger partial charge in [0.2, 0.25) is 0 Å². The molecule has 4 aromatic rings. The molecule has 0 unspecified atom stereocenters. The second-order valence-corrected chi connectivity index (χ2v) is 9.63. The second-order valence-electron chi connectivity index (χ2n) is 9.63. The zero-order valence-electron chi connectivity index (χ0n) is 23.4. The number of ether oxygens (including phenoxy) is 3. The molecule has 4 rings (SSSR count). The number of hydrogen-bond acceptors (Lipinski definition) is 5. The van der Waals surface area contributed by atoms with E-state index in [1.165, 1.54) is 18.2 Å². The van der Waals surface area contributed by atoms with Gasteiger partial charge in [0, 0.05) is 23.6 Å². The minimum absolute atomic E-state index is 0.0712. The lowest BCUT2D eigenvalue weighted by molar-refractivity contribution is 0.0694. The highest BCUT2D eigenvalue weighted by atomic mass is 19.1. The molecule has 6 nitrogen and oxygen atoms in total. The van der Waals surface area contributed by atoms with Crippen molar-refractivity contribution < 1.29 is 33.6 Å². The summed E-state index contributed by atoms with van der Waals surface area (Å²) in [7, 11) is 0. The standard InChI is InChI=1S/C34H35FO6/c1-3-5-10-26-30(13-8-14-31(26)41-32-12-7-6-11-27(32)34(37)38)39-19-9-20-40-33-22-29(36)28(21-23(33)4-2)24-15-17-25(35)18-16-24/h6-8,11-18,21-22,36H,3-5,9-10,19-20H2,1-2H3,(H,37,38). The highest BCUT2D eigenvalue weighted by Gasteiger charge is 2.16. The quantitative estimate of drug-likeness (QED) is 0.151. The monoisotopic (exact) mass is 558 g/mol. The van der Waals surface area contributed by atoms with Gasteiger partial charge in [0.1, 0.15) is 40.1 Å². The molecule has 0 saturated heterocycles. The number of aromatic hydroxyl groups is 1. The third-order valence-corrected chi connectivity index (χ3v) is 6.73. The largest absolute Gasteiger partial charge is 0.507 e. The summed E-state index contributed by atoms with van der Waals surface area (Å²) >= 11 is 0. The van der Waals surface area contributed by atoms with Crippen LogP contribution in [0.15, 0.2) is 78.9 Å². The first kappa shape index (κ1) is 29.5. The lowest BCUT2D eigenvalue weighted by Gasteiger charge is -2.17. The molecule has 0 heterocycles. The number of carbonyl (C=O) groups is 1. The van der Waals surface area contributed by atoms with Gasteiger partial charge in [-0.15, -0.1) is 0 Å². The topological polar surface area (TPSA) is 85.2 Å². The molecule has 0 radical (unpaired) electrons. The highest BCUT2D eigenvalue weighted by Crippen LogP contribution is 2.37. The molecule has 214 valence electrons. The number of phenolic OH excluding ortho intramolecular Hbond substituents is 1. The van der Waals surface area contributed by atoms with Gasteiger partial charge >= 0.3 is 5.97 Å². The Morgan fingerprint density at radius 1 is 0.805 bits per heavy atom. The number of benzene rings is 4. The van der Waals surface area contributed by atoms with Crippen LogP contribution in [-0.4, -0.2) is 29.4 Å². The molecule has 7 heteroatoms. The van der Waals surface area contributed by atoms with Crippen LogP contribution in [0.1, 0.15) is 54.6 Å². The first-order valence-corrected chi connectivity index (χ1v) is 13.9. The molecule has 0 atom stereocenters. The Morgan fingerprint density at radius 2 is 1.49 bits per heavy atom. The number of carboxylic acid groups (broad SMARTS) is 1. The number of aromatic carboxylic acids is 1. The Hall–Kier alpha value is -4.52. The van der Waals surface area contributed by atoms with E-state index in [1.807, 2.05) is 31.2 Å².